The largest absolute Gasteiger partial charge is 0.264 e. The Morgan fingerprint density at radius 3 is 2.33 bits per heavy atom. The van der Waals surface area contributed by atoms with Crippen molar-refractivity contribution < 1.29 is 0 Å². The van der Waals surface area contributed by atoms with Gasteiger partial charge in [0.15, 0.2) is 5.82 Å². The molecule has 86 valence electrons. The lowest BCUT2D eigenvalue weighted by atomic mass is 10.1. The first kappa shape index (κ1) is 10.6. The minimum absolute atomic E-state index is 0.699. The van der Waals surface area contributed by atoms with Gasteiger partial charge in [-0.1, -0.05) is 30.3 Å². The van der Waals surface area contributed by atoms with E-state index in [4.69, 9.17) is 0 Å². The second-order valence-electron chi connectivity index (χ2n) is 3.87. The van der Waals surface area contributed by atoms with Crippen molar-refractivity contribution in [2.24, 2.45) is 0 Å². The van der Waals surface area contributed by atoms with Crippen LogP contribution in [0.2, 0.25) is 0 Å². The van der Waals surface area contributed by atoms with Crippen molar-refractivity contribution in [1.29, 1.82) is 0 Å². The molecule has 0 bridgehead atoms. The maximum absolute atomic E-state index is 4.56. The van der Waals surface area contributed by atoms with Gasteiger partial charge < -0.3 is 0 Å². The minimum Gasteiger partial charge on any atom is -0.264 e. The van der Waals surface area contributed by atoms with Gasteiger partial charge in [-0.25, -0.2) is 9.97 Å². The van der Waals surface area contributed by atoms with Crippen molar-refractivity contribution in [1.82, 2.24) is 15.0 Å². The van der Waals surface area contributed by atoms with E-state index in [0.717, 1.165) is 16.8 Å². The number of benzene rings is 1. The van der Waals surface area contributed by atoms with E-state index in [2.05, 4.69) is 15.0 Å². The first-order chi connectivity index (χ1) is 8.93. The summed E-state index contributed by atoms with van der Waals surface area (Å²) in [5, 5.41) is 0. The Balaban J connectivity index is 2.05. The van der Waals surface area contributed by atoms with E-state index in [1.165, 1.54) is 0 Å². The standard InChI is InChI=1S/C15H11N3/c1-2-5-12(6-3-1)14-8-10-17-15(18-14)13-7-4-9-16-11-13/h1-11H. The molecule has 18 heavy (non-hydrogen) atoms. The molecule has 3 rings (SSSR count). The van der Waals surface area contributed by atoms with E-state index < -0.39 is 0 Å². The van der Waals surface area contributed by atoms with Gasteiger partial charge in [-0.3, -0.25) is 4.98 Å². The van der Waals surface area contributed by atoms with Crippen LogP contribution >= 0.6 is 0 Å². The van der Waals surface area contributed by atoms with Gasteiger partial charge in [-0.2, -0.15) is 0 Å². The molecule has 0 amide bonds. The van der Waals surface area contributed by atoms with Crippen molar-refractivity contribution in [2.75, 3.05) is 0 Å². The van der Waals surface area contributed by atoms with Gasteiger partial charge >= 0.3 is 0 Å². The van der Waals surface area contributed by atoms with Gasteiger partial charge in [0, 0.05) is 29.7 Å². The van der Waals surface area contributed by atoms with Gasteiger partial charge in [-0.05, 0) is 18.2 Å². The SMILES string of the molecule is c1ccc(-c2ccnc(-c3cccnc3)n2)cc1. The minimum atomic E-state index is 0.699. The van der Waals surface area contributed by atoms with Crippen LogP contribution in [-0.4, -0.2) is 15.0 Å². The summed E-state index contributed by atoms with van der Waals surface area (Å²) < 4.78 is 0. The quantitative estimate of drug-likeness (QED) is 0.682. The van der Waals surface area contributed by atoms with Crippen LogP contribution in [0.15, 0.2) is 67.1 Å². The molecule has 2 aromatic heterocycles. The maximum atomic E-state index is 4.56. The van der Waals surface area contributed by atoms with Crippen LogP contribution in [0.25, 0.3) is 22.6 Å². The molecule has 0 saturated carbocycles. The van der Waals surface area contributed by atoms with E-state index in [9.17, 15) is 0 Å². The molecule has 3 heteroatoms. The Hall–Kier alpha value is -2.55. The Bertz CT molecular complexity index is 581. The Labute approximate surface area is 105 Å². The number of hydrogen-bond acceptors (Lipinski definition) is 3. The summed E-state index contributed by atoms with van der Waals surface area (Å²) in [5.41, 5.74) is 2.93. The molecule has 0 atom stereocenters. The molecule has 1 aromatic carbocycles. The average molecular weight is 233 g/mol. The predicted octanol–water partition coefficient (Wildman–Crippen LogP) is 3.21. The van der Waals surface area contributed by atoms with Crippen molar-refractivity contribution in [3.63, 3.8) is 0 Å². The van der Waals surface area contributed by atoms with Crippen molar-refractivity contribution in [3.8, 4) is 22.6 Å². The van der Waals surface area contributed by atoms with Gasteiger partial charge in [0.25, 0.3) is 0 Å². The summed E-state index contributed by atoms with van der Waals surface area (Å²) in [6.07, 6.45) is 5.28. The number of nitrogens with zero attached hydrogens (tertiary/aromatic N) is 3. The highest BCUT2D eigenvalue weighted by molar-refractivity contribution is 5.62. The van der Waals surface area contributed by atoms with Gasteiger partial charge in [0.1, 0.15) is 0 Å². The first-order valence-electron chi connectivity index (χ1n) is 5.72. The third-order valence-corrected chi connectivity index (χ3v) is 2.64. The van der Waals surface area contributed by atoms with Crippen LogP contribution in [0.1, 0.15) is 0 Å². The fraction of sp³-hybridized carbons (Fsp3) is 0. The number of aromatic nitrogens is 3. The average Bonchev–Trinajstić information content (AvgIpc) is 2.49. The van der Waals surface area contributed by atoms with Gasteiger partial charge in [0.05, 0.1) is 5.69 Å². The van der Waals surface area contributed by atoms with Crippen LogP contribution in [0, 0.1) is 0 Å². The second-order valence-corrected chi connectivity index (χ2v) is 3.87. The van der Waals surface area contributed by atoms with Crippen molar-refractivity contribution in [3.05, 3.63) is 67.1 Å². The topological polar surface area (TPSA) is 38.7 Å². The smallest absolute Gasteiger partial charge is 0.161 e. The molecule has 0 radical (unpaired) electrons. The lowest BCUT2D eigenvalue weighted by molar-refractivity contribution is 1.17. The molecule has 0 N–H and O–H groups in total. The zero-order chi connectivity index (χ0) is 12.2. The van der Waals surface area contributed by atoms with Gasteiger partial charge in [-0.15, -0.1) is 0 Å². The van der Waals surface area contributed by atoms with Crippen LogP contribution < -0.4 is 0 Å². The number of pyridine rings is 1. The summed E-state index contributed by atoms with van der Waals surface area (Å²) in [5.74, 6) is 0.699. The highest BCUT2D eigenvalue weighted by Gasteiger charge is 2.03. The summed E-state index contributed by atoms with van der Waals surface area (Å²) in [6.45, 7) is 0. The van der Waals surface area contributed by atoms with E-state index in [1.54, 1.807) is 18.6 Å². The molecule has 0 unspecified atom stereocenters. The predicted molar refractivity (Wildman–Crippen MR) is 70.7 cm³/mol. The summed E-state index contributed by atoms with van der Waals surface area (Å²) in [4.78, 5) is 12.9. The molecule has 0 spiro atoms. The first-order valence-corrected chi connectivity index (χ1v) is 5.72. The van der Waals surface area contributed by atoms with Crippen LogP contribution in [0.3, 0.4) is 0 Å². The molecule has 3 aromatic rings. The van der Waals surface area contributed by atoms with Crippen molar-refractivity contribution in [2.45, 2.75) is 0 Å². The molecular weight excluding hydrogens is 222 g/mol. The molecule has 0 fully saturated rings. The zero-order valence-corrected chi connectivity index (χ0v) is 9.69. The van der Waals surface area contributed by atoms with E-state index in [-0.39, 0.29) is 0 Å². The molecule has 2 heterocycles. The molecular formula is C15H11N3. The Kier molecular flexibility index (Phi) is 2.80. The van der Waals surface area contributed by atoms with Crippen LogP contribution in [0.5, 0.6) is 0 Å². The lowest BCUT2D eigenvalue weighted by Gasteiger charge is -2.03. The van der Waals surface area contributed by atoms with Gasteiger partial charge in [0.2, 0.25) is 0 Å². The molecule has 3 nitrogen and oxygen atoms in total. The lowest BCUT2D eigenvalue weighted by Crippen LogP contribution is -1.91. The fourth-order valence-electron chi connectivity index (χ4n) is 1.76. The third kappa shape index (κ3) is 2.11. The Morgan fingerprint density at radius 2 is 1.56 bits per heavy atom. The van der Waals surface area contributed by atoms with Crippen LogP contribution in [0.4, 0.5) is 0 Å². The summed E-state index contributed by atoms with van der Waals surface area (Å²) >= 11 is 0. The normalized spacial score (nSPS) is 10.2. The highest BCUT2D eigenvalue weighted by atomic mass is 14.9. The fourth-order valence-corrected chi connectivity index (χ4v) is 1.76. The summed E-state index contributed by atoms with van der Waals surface area (Å²) in [7, 11) is 0. The third-order valence-electron chi connectivity index (χ3n) is 2.64. The molecule has 0 aliphatic heterocycles. The number of rotatable bonds is 2. The Morgan fingerprint density at radius 1 is 0.722 bits per heavy atom. The van der Waals surface area contributed by atoms with Crippen molar-refractivity contribution >= 4 is 0 Å². The molecule has 0 saturated heterocycles. The highest BCUT2D eigenvalue weighted by Crippen LogP contribution is 2.19. The summed E-state index contributed by atoms with van der Waals surface area (Å²) in [6, 6.07) is 15.8. The zero-order valence-electron chi connectivity index (χ0n) is 9.69. The van der Waals surface area contributed by atoms with E-state index in [1.807, 2.05) is 48.5 Å². The number of hydrogen-bond donors (Lipinski definition) is 0. The molecule has 0 aliphatic carbocycles. The monoisotopic (exact) mass is 233 g/mol. The van der Waals surface area contributed by atoms with Crippen LogP contribution in [-0.2, 0) is 0 Å². The van der Waals surface area contributed by atoms with E-state index in [0.29, 0.717) is 5.82 Å². The molecule has 0 aliphatic rings. The maximum Gasteiger partial charge on any atom is 0.161 e. The second kappa shape index (κ2) is 4.75. The van der Waals surface area contributed by atoms with E-state index >= 15 is 0 Å².